The van der Waals surface area contributed by atoms with Crippen molar-refractivity contribution in [1.82, 2.24) is 9.03 Å². The van der Waals surface area contributed by atoms with Crippen molar-refractivity contribution >= 4 is 22.1 Å². The number of hydrogen-bond acceptors (Lipinski definition) is 5. The van der Waals surface area contributed by atoms with E-state index in [1.807, 2.05) is 0 Å². The minimum atomic E-state index is -4.27. The Morgan fingerprint density at radius 2 is 2.09 bits per heavy atom. The van der Waals surface area contributed by atoms with E-state index < -0.39 is 33.9 Å². The van der Waals surface area contributed by atoms with Crippen molar-refractivity contribution in [1.29, 1.82) is 0 Å². The molecule has 1 atom stereocenters. The monoisotopic (exact) mass is 344 g/mol. The van der Waals surface area contributed by atoms with Gasteiger partial charge >= 0.3 is 16.2 Å². The summed E-state index contributed by atoms with van der Waals surface area (Å²) in [4.78, 5) is 23.8. The number of nitrogens with one attached hydrogen (secondary N) is 1. The molecule has 2 rings (SSSR count). The van der Waals surface area contributed by atoms with Crippen LogP contribution in [-0.2, 0) is 19.7 Å². The molecule has 0 spiro atoms. The zero-order chi connectivity index (χ0) is 17.0. The fourth-order valence-corrected chi connectivity index (χ4v) is 3.74. The van der Waals surface area contributed by atoms with Gasteiger partial charge in [0.1, 0.15) is 11.9 Å². The van der Waals surface area contributed by atoms with Crippen LogP contribution >= 0.6 is 0 Å². The second-order valence-corrected chi connectivity index (χ2v) is 6.56. The van der Waals surface area contributed by atoms with Gasteiger partial charge in [-0.3, -0.25) is 9.59 Å². The van der Waals surface area contributed by atoms with Crippen LogP contribution in [0.5, 0.6) is 0 Å². The highest BCUT2D eigenvalue weighted by Crippen LogP contribution is 2.21. The van der Waals surface area contributed by atoms with E-state index in [1.54, 1.807) is 11.6 Å². The molecule has 0 aliphatic carbocycles. The van der Waals surface area contributed by atoms with Gasteiger partial charge in [0, 0.05) is 6.54 Å². The van der Waals surface area contributed by atoms with Gasteiger partial charge in [-0.05, 0) is 31.9 Å². The van der Waals surface area contributed by atoms with E-state index in [0.29, 0.717) is 12.8 Å². The molecule has 1 aromatic rings. The van der Waals surface area contributed by atoms with Crippen LogP contribution < -0.4 is 4.72 Å². The summed E-state index contributed by atoms with van der Waals surface area (Å²) in [5.74, 6) is -2.57. The van der Waals surface area contributed by atoms with Crippen LogP contribution in [0, 0.1) is 5.82 Å². The number of halogens is 1. The topological polar surface area (TPSA) is 92.8 Å². The minimum Gasteiger partial charge on any atom is -0.465 e. The number of esters is 1. The molecule has 0 bridgehead atoms. The highest BCUT2D eigenvalue weighted by molar-refractivity contribution is 7.87. The molecule has 1 fully saturated rings. The van der Waals surface area contributed by atoms with Gasteiger partial charge in [0.15, 0.2) is 0 Å². The number of carbonyl (C=O) groups excluding carboxylic acids is 2. The lowest BCUT2D eigenvalue weighted by atomic mass is 10.2. The summed E-state index contributed by atoms with van der Waals surface area (Å²) in [6, 6.07) is 4.06. The van der Waals surface area contributed by atoms with E-state index in [4.69, 9.17) is 4.74 Å². The summed E-state index contributed by atoms with van der Waals surface area (Å²) in [5.41, 5.74) is -0.386. The fourth-order valence-electron chi connectivity index (χ4n) is 2.38. The smallest absolute Gasteiger partial charge is 0.324 e. The largest absolute Gasteiger partial charge is 0.465 e. The predicted octanol–water partition coefficient (Wildman–Crippen LogP) is 0.828. The van der Waals surface area contributed by atoms with Crippen molar-refractivity contribution in [2.75, 3.05) is 13.2 Å². The van der Waals surface area contributed by atoms with E-state index in [-0.39, 0.29) is 18.7 Å². The third-order valence-corrected chi connectivity index (χ3v) is 4.91. The Hall–Kier alpha value is -2.00. The number of carbonyl (C=O) groups is 2. The normalized spacial score (nSPS) is 18.6. The molecule has 1 aliphatic heterocycles. The second kappa shape index (κ2) is 7.05. The molecule has 1 aliphatic rings. The summed E-state index contributed by atoms with van der Waals surface area (Å²) in [7, 11) is -4.27. The molecule has 7 nitrogen and oxygen atoms in total. The summed E-state index contributed by atoms with van der Waals surface area (Å²) in [6.07, 6.45) is 0.784. The average Bonchev–Trinajstić information content (AvgIpc) is 2.98. The number of hydrogen-bond donors (Lipinski definition) is 1. The zero-order valence-corrected chi connectivity index (χ0v) is 13.3. The van der Waals surface area contributed by atoms with Crippen molar-refractivity contribution in [2.24, 2.45) is 0 Å². The predicted molar refractivity (Wildman–Crippen MR) is 79.1 cm³/mol. The van der Waals surface area contributed by atoms with Crippen LogP contribution in [0.2, 0.25) is 0 Å². The highest BCUT2D eigenvalue weighted by atomic mass is 32.2. The van der Waals surface area contributed by atoms with Gasteiger partial charge in [-0.1, -0.05) is 12.1 Å². The van der Waals surface area contributed by atoms with E-state index in [9.17, 15) is 22.4 Å². The molecule has 0 radical (unpaired) electrons. The van der Waals surface area contributed by atoms with Crippen molar-refractivity contribution in [3.05, 3.63) is 35.6 Å². The first kappa shape index (κ1) is 17.4. The third-order valence-electron chi connectivity index (χ3n) is 3.41. The molecule has 1 saturated heterocycles. The molecule has 1 unspecified atom stereocenters. The van der Waals surface area contributed by atoms with Gasteiger partial charge in [-0.15, -0.1) is 0 Å². The van der Waals surface area contributed by atoms with Crippen LogP contribution in [0.1, 0.15) is 30.1 Å². The lowest BCUT2D eigenvalue weighted by molar-refractivity contribution is -0.146. The van der Waals surface area contributed by atoms with Crippen LogP contribution in [0.3, 0.4) is 0 Å². The lowest BCUT2D eigenvalue weighted by Crippen LogP contribution is -2.48. The van der Waals surface area contributed by atoms with Gasteiger partial charge in [0.05, 0.1) is 12.2 Å². The Balaban J connectivity index is 2.16. The molecule has 0 aromatic heterocycles. The van der Waals surface area contributed by atoms with Gasteiger partial charge in [0.2, 0.25) is 0 Å². The Kier molecular flexibility index (Phi) is 5.32. The number of ether oxygens (including phenoxy) is 1. The lowest BCUT2D eigenvalue weighted by Gasteiger charge is -2.22. The standard InChI is InChI=1S/C14H17FN2O5S/c1-2-22-14(19)12-8-5-9-17(12)23(20,21)16-13(18)10-6-3-4-7-11(10)15/h3-4,6-7,12H,2,5,8-9H2,1H3,(H,16,18). The maximum atomic E-state index is 13.6. The Bertz CT molecular complexity index is 707. The average molecular weight is 344 g/mol. The Morgan fingerprint density at radius 3 is 2.74 bits per heavy atom. The molecular weight excluding hydrogens is 327 g/mol. The second-order valence-electron chi connectivity index (χ2n) is 4.94. The number of rotatable bonds is 5. The first-order valence-electron chi connectivity index (χ1n) is 7.12. The van der Waals surface area contributed by atoms with E-state index >= 15 is 0 Å². The van der Waals surface area contributed by atoms with Crippen LogP contribution in [0.15, 0.2) is 24.3 Å². The maximum absolute atomic E-state index is 13.6. The van der Waals surface area contributed by atoms with Crippen LogP contribution in [0.4, 0.5) is 4.39 Å². The highest BCUT2D eigenvalue weighted by Gasteiger charge is 2.40. The van der Waals surface area contributed by atoms with Crippen molar-refractivity contribution in [3.8, 4) is 0 Å². The van der Waals surface area contributed by atoms with Gasteiger partial charge < -0.3 is 4.74 Å². The first-order chi connectivity index (χ1) is 10.9. The minimum absolute atomic E-state index is 0.0867. The number of amides is 1. The maximum Gasteiger partial charge on any atom is 0.324 e. The Morgan fingerprint density at radius 1 is 1.39 bits per heavy atom. The SMILES string of the molecule is CCOC(=O)C1CCCN1S(=O)(=O)NC(=O)c1ccccc1F. The van der Waals surface area contributed by atoms with Crippen molar-refractivity contribution < 1.29 is 27.1 Å². The summed E-state index contributed by atoms with van der Waals surface area (Å²) < 4.78 is 45.7. The van der Waals surface area contributed by atoms with Gasteiger partial charge in [0.25, 0.3) is 5.91 Å². The molecule has 23 heavy (non-hydrogen) atoms. The number of benzene rings is 1. The zero-order valence-electron chi connectivity index (χ0n) is 12.5. The molecule has 9 heteroatoms. The molecule has 1 aromatic carbocycles. The molecular formula is C14H17FN2O5S. The Labute approximate surface area is 133 Å². The number of nitrogens with zero attached hydrogens (tertiary/aromatic N) is 1. The summed E-state index contributed by atoms with van der Waals surface area (Å²) >= 11 is 0. The molecule has 1 heterocycles. The van der Waals surface area contributed by atoms with E-state index in [0.717, 1.165) is 10.4 Å². The molecule has 1 N–H and O–H groups in total. The van der Waals surface area contributed by atoms with Crippen molar-refractivity contribution in [2.45, 2.75) is 25.8 Å². The fraction of sp³-hybridized carbons (Fsp3) is 0.429. The first-order valence-corrected chi connectivity index (χ1v) is 8.56. The molecule has 0 saturated carbocycles. The molecule has 1 amide bonds. The summed E-state index contributed by atoms with van der Waals surface area (Å²) in [6.45, 7) is 1.83. The van der Waals surface area contributed by atoms with Gasteiger partial charge in [-0.25, -0.2) is 9.11 Å². The van der Waals surface area contributed by atoms with Crippen LogP contribution in [-0.4, -0.2) is 43.8 Å². The van der Waals surface area contributed by atoms with E-state index in [2.05, 4.69) is 0 Å². The summed E-state index contributed by atoms with van der Waals surface area (Å²) in [5, 5.41) is 0. The van der Waals surface area contributed by atoms with Crippen LogP contribution in [0.25, 0.3) is 0 Å². The quantitative estimate of drug-likeness (QED) is 0.799. The van der Waals surface area contributed by atoms with E-state index in [1.165, 1.54) is 18.2 Å². The third kappa shape index (κ3) is 3.85. The van der Waals surface area contributed by atoms with Crippen molar-refractivity contribution in [3.63, 3.8) is 0 Å². The van der Waals surface area contributed by atoms with Gasteiger partial charge in [-0.2, -0.15) is 12.7 Å². The molecule has 126 valence electrons.